The van der Waals surface area contributed by atoms with Gasteiger partial charge < -0.3 is 5.73 Å². The fourth-order valence-corrected chi connectivity index (χ4v) is 4.19. The molecule has 2 N–H and O–H groups in total. The van der Waals surface area contributed by atoms with Gasteiger partial charge in [0.15, 0.2) is 0 Å². The first kappa shape index (κ1) is 11.4. The molecule has 0 spiro atoms. The largest absolute Gasteiger partial charge is 0.319 e. The van der Waals surface area contributed by atoms with E-state index in [0.29, 0.717) is 0 Å². The molecule has 2 nitrogen and oxygen atoms in total. The molecule has 1 saturated carbocycles. The van der Waals surface area contributed by atoms with Crippen molar-refractivity contribution in [2.45, 2.75) is 37.6 Å². The fourth-order valence-electron chi connectivity index (χ4n) is 2.44. The van der Waals surface area contributed by atoms with Gasteiger partial charge in [-0.1, -0.05) is 25.3 Å². The van der Waals surface area contributed by atoms with Gasteiger partial charge in [0.2, 0.25) is 0 Å². The summed E-state index contributed by atoms with van der Waals surface area (Å²) in [4.78, 5) is 5.99. The second kappa shape index (κ2) is 4.52. The Kier molecular flexibility index (Phi) is 3.03. The van der Waals surface area contributed by atoms with Gasteiger partial charge in [-0.05, 0) is 24.3 Å². The highest BCUT2D eigenvalue weighted by molar-refractivity contribution is 7.14. The monoisotopic (exact) mass is 264 g/mol. The first-order chi connectivity index (χ1) is 8.28. The first-order valence-corrected chi connectivity index (χ1v) is 7.83. The quantitative estimate of drug-likeness (QED) is 0.890. The van der Waals surface area contributed by atoms with Crippen molar-refractivity contribution in [1.29, 1.82) is 0 Å². The summed E-state index contributed by atoms with van der Waals surface area (Å²) in [6.45, 7) is 0. The van der Waals surface area contributed by atoms with Crippen LogP contribution in [0.5, 0.6) is 0 Å². The van der Waals surface area contributed by atoms with Gasteiger partial charge in [-0.25, -0.2) is 4.98 Å². The molecular formula is C13H16N2S2. The second-order valence-corrected chi connectivity index (χ2v) is 6.54. The third-order valence-electron chi connectivity index (χ3n) is 3.45. The molecule has 0 bridgehead atoms. The number of nitrogens with two attached hydrogens (primary N) is 1. The Morgan fingerprint density at radius 1 is 1.18 bits per heavy atom. The van der Waals surface area contributed by atoms with E-state index in [1.807, 2.05) is 0 Å². The molecule has 0 saturated heterocycles. The molecule has 17 heavy (non-hydrogen) atoms. The molecule has 0 amide bonds. The lowest BCUT2D eigenvalue weighted by Crippen LogP contribution is -2.38. The van der Waals surface area contributed by atoms with Crippen molar-refractivity contribution in [2.24, 2.45) is 5.73 Å². The minimum Gasteiger partial charge on any atom is -0.319 e. The summed E-state index contributed by atoms with van der Waals surface area (Å²) >= 11 is 3.46. The van der Waals surface area contributed by atoms with Crippen LogP contribution < -0.4 is 5.73 Å². The van der Waals surface area contributed by atoms with E-state index in [0.717, 1.165) is 23.5 Å². The van der Waals surface area contributed by atoms with Gasteiger partial charge in [0.05, 0.1) is 16.1 Å². The predicted octanol–water partition coefficient (Wildman–Crippen LogP) is 3.99. The van der Waals surface area contributed by atoms with Crippen LogP contribution in [0, 0.1) is 0 Å². The molecule has 1 aliphatic carbocycles. The van der Waals surface area contributed by atoms with E-state index < -0.39 is 0 Å². The lowest BCUT2D eigenvalue weighted by molar-refractivity contribution is 0.301. The van der Waals surface area contributed by atoms with Gasteiger partial charge in [0, 0.05) is 5.38 Å². The lowest BCUT2D eigenvalue weighted by Gasteiger charge is -2.31. The number of nitrogens with zero attached hydrogens (tertiary/aromatic N) is 1. The number of thiazole rings is 1. The molecular weight excluding hydrogens is 248 g/mol. The molecule has 2 aromatic heterocycles. The second-order valence-electron chi connectivity index (χ2n) is 4.73. The van der Waals surface area contributed by atoms with E-state index in [2.05, 4.69) is 22.9 Å². The zero-order valence-corrected chi connectivity index (χ0v) is 11.3. The van der Waals surface area contributed by atoms with Crippen molar-refractivity contribution in [3.63, 3.8) is 0 Å². The summed E-state index contributed by atoms with van der Waals surface area (Å²) in [5.74, 6) is 0. The standard InChI is InChI=1S/C13H16N2S2/c14-13(6-2-1-3-7-13)12-15-10(9-17-12)11-5-4-8-16-11/h4-5,8-9H,1-3,6-7,14H2. The van der Waals surface area contributed by atoms with Gasteiger partial charge in [-0.2, -0.15) is 0 Å². The third kappa shape index (κ3) is 2.17. The van der Waals surface area contributed by atoms with E-state index in [1.165, 1.54) is 24.1 Å². The lowest BCUT2D eigenvalue weighted by atomic mass is 9.83. The van der Waals surface area contributed by atoms with Crippen LogP contribution in [0.4, 0.5) is 0 Å². The van der Waals surface area contributed by atoms with E-state index in [1.54, 1.807) is 22.7 Å². The summed E-state index contributed by atoms with van der Waals surface area (Å²) < 4.78 is 0. The van der Waals surface area contributed by atoms with Crippen molar-refractivity contribution >= 4 is 22.7 Å². The Morgan fingerprint density at radius 3 is 2.71 bits per heavy atom. The topological polar surface area (TPSA) is 38.9 Å². The average Bonchev–Trinajstić information content (AvgIpc) is 3.01. The van der Waals surface area contributed by atoms with Crippen molar-refractivity contribution in [2.75, 3.05) is 0 Å². The van der Waals surface area contributed by atoms with Crippen LogP contribution in [-0.4, -0.2) is 4.98 Å². The van der Waals surface area contributed by atoms with Crippen LogP contribution in [0.1, 0.15) is 37.1 Å². The van der Waals surface area contributed by atoms with E-state index in [-0.39, 0.29) is 5.54 Å². The van der Waals surface area contributed by atoms with Gasteiger partial charge >= 0.3 is 0 Å². The van der Waals surface area contributed by atoms with Crippen LogP contribution in [0.25, 0.3) is 10.6 Å². The van der Waals surface area contributed by atoms with Crippen molar-refractivity contribution in [3.8, 4) is 10.6 Å². The van der Waals surface area contributed by atoms with Crippen LogP contribution in [0.15, 0.2) is 22.9 Å². The summed E-state index contributed by atoms with van der Waals surface area (Å²) in [6.07, 6.45) is 5.98. The van der Waals surface area contributed by atoms with E-state index in [9.17, 15) is 0 Å². The van der Waals surface area contributed by atoms with Gasteiger partial charge in [-0.3, -0.25) is 0 Å². The summed E-state index contributed by atoms with van der Waals surface area (Å²) in [5.41, 5.74) is 7.44. The van der Waals surface area contributed by atoms with Crippen molar-refractivity contribution in [1.82, 2.24) is 4.98 Å². The minimum atomic E-state index is -0.154. The smallest absolute Gasteiger partial charge is 0.113 e. The van der Waals surface area contributed by atoms with Crippen LogP contribution in [-0.2, 0) is 5.54 Å². The molecule has 1 aliphatic rings. The highest BCUT2D eigenvalue weighted by Gasteiger charge is 2.32. The zero-order valence-electron chi connectivity index (χ0n) is 9.69. The highest BCUT2D eigenvalue weighted by Crippen LogP contribution is 2.38. The molecule has 2 aromatic rings. The fraction of sp³-hybridized carbons (Fsp3) is 0.462. The van der Waals surface area contributed by atoms with Crippen LogP contribution >= 0.6 is 22.7 Å². The Hall–Kier alpha value is -0.710. The molecule has 4 heteroatoms. The summed E-state index contributed by atoms with van der Waals surface area (Å²) in [6, 6.07) is 4.19. The molecule has 90 valence electrons. The van der Waals surface area contributed by atoms with E-state index in [4.69, 9.17) is 10.7 Å². The molecule has 0 unspecified atom stereocenters. The van der Waals surface area contributed by atoms with Crippen LogP contribution in [0.3, 0.4) is 0 Å². The maximum atomic E-state index is 6.50. The predicted molar refractivity (Wildman–Crippen MR) is 74.4 cm³/mol. The molecule has 0 aliphatic heterocycles. The van der Waals surface area contributed by atoms with Gasteiger partial charge in [0.1, 0.15) is 5.01 Å². The number of aromatic nitrogens is 1. The SMILES string of the molecule is NC1(c2nc(-c3cccs3)cs2)CCCCC1. The molecule has 3 rings (SSSR count). The Morgan fingerprint density at radius 2 is 2.00 bits per heavy atom. The molecule has 0 aromatic carbocycles. The van der Waals surface area contributed by atoms with Gasteiger partial charge in [-0.15, -0.1) is 22.7 Å². The third-order valence-corrected chi connectivity index (χ3v) is 5.40. The Labute approximate surface area is 110 Å². The molecule has 0 atom stereocenters. The molecule has 0 radical (unpaired) electrons. The maximum Gasteiger partial charge on any atom is 0.113 e. The highest BCUT2D eigenvalue weighted by atomic mass is 32.1. The number of hydrogen-bond acceptors (Lipinski definition) is 4. The Balaban J connectivity index is 1.89. The number of hydrogen-bond donors (Lipinski definition) is 1. The van der Waals surface area contributed by atoms with Gasteiger partial charge in [0.25, 0.3) is 0 Å². The van der Waals surface area contributed by atoms with Crippen molar-refractivity contribution in [3.05, 3.63) is 27.9 Å². The van der Waals surface area contributed by atoms with E-state index >= 15 is 0 Å². The average molecular weight is 264 g/mol. The summed E-state index contributed by atoms with van der Waals surface area (Å²) in [7, 11) is 0. The number of rotatable bonds is 2. The van der Waals surface area contributed by atoms with Crippen LogP contribution in [0.2, 0.25) is 0 Å². The first-order valence-electron chi connectivity index (χ1n) is 6.07. The Bertz CT molecular complexity index is 481. The summed E-state index contributed by atoms with van der Waals surface area (Å²) in [5, 5.41) is 5.36. The normalized spacial score (nSPS) is 19.4. The van der Waals surface area contributed by atoms with Crippen molar-refractivity contribution < 1.29 is 0 Å². The maximum absolute atomic E-state index is 6.50. The minimum absolute atomic E-state index is 0.154. The zero-order chi connectivity index (χ0) is 11.7. The molecule has 2 heterocycles. The number of thiophene rings is 1. The molecule has 1 fully saturated rings.